The summed E-state index contributed by atoms with van der Waals surface area (Å²) >= 11 is 1.38. The molecule has 106 heavy (non-hydrogen) atoms. The molecule has 20 N–H and O–H groups in total. The maximum absolute atomic E-state index is 15.1. The van der Waals surface area contributed by atoms with E-state index < -0.39 is 168 Å². The van der Waals surface area contributed by atoms with Crippen LogP contribution in [0.25, 0.3) is 10.9 Å². The number of carbonyl (C=O) groups excluding carboxylic acids is 12. The molecule has 0 bridgehead atoms. The minimum atomic E-state index is -1.76. The predicted molar refractivity (Wildman–Crippen MR) is 390 cm³/mol. The van der Waals surface area contributed by atoms with Crippen LogP contribution in [0, 0.1) is 11.8 Å². The molecule has 2 saturated heterocycles. The summed E-state index contributed by atoms with van der Waals surface area (Å²) in [6.07, 6.45) is 10.3. The first-order valence-corrected chi connectivity index (χ1v) is 37.0. The highest BCUT2D eigenvalue weighted by Crippen LogP contribution is 2.27. The first-order chi connectivity index (χ1) is 50.7. The fourth-order valence-electron chi connectivity index (χ4n) is 12.8. The Labute approximate surface area is 617 Å². The van der Waals surface area contributed by atoms with Crippen molar-refractivity contribution >= 4 is 99.5 Å². The third-order valence-electron chi connectivity index (χ3n) is 18.5. The Morgan fingerprint density at radius 3 is 1.69 bits per heavy atom. The first-order valence-electron chi connectivity index (χ1n) is 35.6. The molecule has 34 nitrogen and oxygen atoms in total. The molecule has 12 atom stereocenters. The number of aliphatic hydroxyl groups is 1. The van der Waals surface area contributed by atoms with Crippen molar-refractivity contribution in [1.29, 1.82) is 0 Å². The second-order valence-corrected chi connectivity index (χ2v) is 28.4. The van der Waals surface area contributed by atoms with Gasteiger partial charge in [0.25, 0.3) is 0 Å². The summed E-state index contributed by atoms with van der Waals surface area (Å²) in [4.78, 5) is 202. The quantitative estimate of drug-likeness (QED) is 0.0190. The van der Waals surface area contributed by atoms with Crippen LogP contribution in [0.15, 0.2) is 85.8 Å². The molecule has 5 heterocycles. The van der Waals surface area contributed by atoms with Crippen molar-refractivity contribution in [3.8, 4) is 0 Å². The van der Waals surface area contributed by atoms with Gasteiger partial charge in [-0.3, -0.25) is 57.5 Å². The second kappa shape index (κ2) is 40.9. The largest absolute Gasteiger partial charge is 0.480 e. The van der Waals surface area contributed by atoms with E-state index in [0.717, 1.165) is 0 Å². The zero-order valence-electron chi connectivity index (χ0n) is 60.2. The Morgan fingerprint density at radius 2 is 1.11 bits per heavy atom. The number of primary amides is 1. The average molecular weight is 1490 g/mol. The highest BCUT2D eigenvalue weighted by Gasteiger charge is 2.46. The highest BCUT2D eigenvalue weighted by molar-refractivity contribution is 7.98. The van der Waals surface area contributed by atoms with Gasteiger partial charge in [-0.2, -0.15) is 11.8 Å². The normalized spacial score (nSPS) is 17.1. The molecule has 0 aliphatic carbocycles. The van der Waals surface area contributed by atoms with Crippen LogP contribution in [0.4, 0.5) is 0 Å². The lowest BCUT2D eigenvalue weighted by Crippen LogP contribution is -2.62. The SMILES string of the molecule is CSCC[C@H](NC(=O)[C@H](CCCCN)NC(=O)[C@H](CC(C)C)NC(=O)[C@@H](N)Cc1cnc[nH]1)C(=O)N[C@@H](Cc1ccccc1)C(=O)N[C@@H](Cc1cnc[nH]1)C(=O)N[C@@H](Cc1c[nH]c2ccccc12)C(=O)N[C@@H](CO)C(=O)N[C@H](C(=O)N1CCC[C@H]1C(=O)N1CCC[C@H]1C(=O)N[C@@H](CC(N)=O)C(=O)O)C(C)C. The topological polar surface area (TPSA) is 528 Å². The molecule has 0 saturated carbocycles. The minimum Gasteiger partial charge on any atom is -0.480 e. The minimum absolute atomic E-state index is 0.0527. The zero-order chi connectivity index (χ0) is 77.1. The highest BCUT2D eigenvalue weighted by atomic mass is 32.2. The lowest BCUT2D eigenvalue weighted by Gasteiger charge is -2.34. The smallest absolute Gasteiger partial charge is 0.326 e. The van der Waals surface area contributed by atoms with Crippen molar-refractivity contribution in [2.24, 2.45) is 29.0 Å². The van der Waals surface area contributed by atoms with Crippen molar-refractivity contribution in [3.63, 3.8) is 0 Å². The monoisotopic (exact) mass is 1490 g/mol. The van der Waals surface area contributed by atoms with E-state index in [9.17, 15) is 63.0 Å². The van der Waals surface area contributed by atoms with Crippen molar-refractivity contribution in [2.45, 2.75) is 190 Å². The van der Waals surface area contributed by atoms with E-state index in [0.29, 0.717) is 64.9 Å². The van der Waals surface area contributed by atoms with Crippen molar-refractivity contribution < 1.29 is 72.5 Å². The second-order valence-electron chi connectivity index (χ2n) is 27.4. The molecular weight excluding hydrogens is 1390 g/mol. The number of likely N-dealkylation sites (tertiary alicyclic amines) is 2. The molecule has 0 unspecified atom stereocenters. The van der Waals surface area contributed by atoms with Crippen LogP contribution in [0.2, 0.25) is 0 Å². The Morgan fingerprint density at radius 1 is 0.585 bits per heavy atom. The number of carbonyl (C=O) groups is 13. The molecule has 2 aromatic carbocycles. The van der Waals surface area contributed by atoms with E-state index in [1.165, 1.54) is 46.6 Å². The van der Waals surface area contributed by atoms with E-state index in [1.54, 1.807) is 80.9 Å². The number of aliphatic carboxylic acids is 1. The Balaban J connectivity index is 1.10. The summed E-state index contributed by atoms with van der Waals surface area (Å²) in [5, 5.41) is 45.4. The number of imidazole rings is 2. The fraction of sp³-hybridized carbons (Fsp3) is 0.535. The van der Waals surface area contributed by atoms with Gasteiger partial charge in [0.1, 0.15) is 66.5 Å². The molecule has 12 amide bonds. The number of nitrogens with zero attached hydrogens (tertiary/aromatic N) is 4. The number of nitrogens with two attached hydrogens (primary N) is 3. The number of rotatable bonds is 42. The van der Waals surface area contributed by atoms with Gasteiger partial charge in [-0.15, -0.1) is 0 Å². The van der Waals surface area contributed by atoms with Crippen LogP contribution >= 0.6 is 11.8 Å². The number of aromatic amines is 3. The van der Waals surface area contributed by atoms with Crippen LogP contribution in [0.5, 0.6) is 0 Å². The number of unbranched alkanes of at least 4 members (excludes halogenated alkanes) is 1. The van der Waals surface area contributed by atoms with Crippen molar-refractivity contribution in [2.75, 3.05) is 38.2 Å². The number of thioether (sulfide) groups is 1. The van der Waals surface area contributed by atoms with Gasteiger partial charge in [0.05, 0.1) is 31.7 Å². The number of carboxylic acids is 1. The van der Waals surface area contributed by atoms with E-state index in [-0.39, 0.29) is 83.3 Å². The number of nitrogens with one attached hydrogen (secondary N) is 12. The number of hydrogen-bond donors (Lipinski definition) is 17. The van der Waals surface area contributed by atoms with Gasteiger partial charge >= 0.3 is 5.97 Å². The number of H-pyrrole nitrogens is 3. The number of benzene rings is 2. The van der Waals surface area contributed by atoms with Gasteiger partial charge < -0.3 is 100 Å². The van der Waals surface area contributed by atoms with Crippen LogP contribution in [-0.2, 0) is 88.0 Å². The molecular formula is C71H101N19O15S. The maximum Gasteiger partial charge on any atom is 0.326 e. The lowest BCUT2D eigenvalue weighted by atomic mass is 10.0. The summed E-state index contributed by atoms with van der Waals surface area (Å²) < 4.78 is 0. The number of fused-ring (bicyclic) bond motifs is 1. The predicted octanol–water partition coefficient (Wildman–Crippen LogP) is -1.91. The van der Waals surface area contributed by atoms with E-state index in [1.807, 2.05) is 13.8 Å². The van der Waals surface area contributed by atoms with Gasteiger partial charge in [0, 0.05) is 79.7 Å². The van der Waals surface area contributed by atoms with Gasteiger partial charge in [-0.1, -0.05) is 76.2 Å². The van der Waals surface area contributed by atoms with Crippen LogP contribution < -0.4 is 65.1 Å². The molecule has 2 aliphatic heterocycles. The first kappa shape index (κ1) is 83.0. The molecule has 7 rings (SSSR count). The molecule has 2 aliphatic rings. The number of hydrogen-bond acceptors (Lipinski definition) is 19. The average Bonchev–Trinajstić information content (AvgIpc) is 1.62. The Hall–Kier alpha value is -10.3. The van der Waals surface area contributed by atoms with Crippen LogP contribution in [0.1, 0.15) is 114 Å². The van der Waals surface area contributed by atoms with E-state index in [4.69, 9.17) is 17.2 Å². The number of aliphatic hydroxyl groups excluding tert-OH is 1. The van der Waals surface area contributed by atoms with Crippen molar-refractivity contribution in [3.05, 3.63) is 108 Å². The molecule has 0 spiro atoms. The maximum atomic E-state index is 15.1. The summed E-state index contributed by atoms with van der Waals surface area (Å²) in [5.41, 5.74) is 20.1. The summed E-state index contributed by atoms with van der Waals surface area (Å²) in [6.45, 7) is 6.44. The molecule has 0 radical (unpaired) electrons. The molecule has 3 aromatic heterocycles. The summed E-state index contributed by atoms with van der Waals surface area (Å²) in [5.74, 6) is -11.5. The fourth-order valence-corrected chi connectivity index (χ4v) is 13.3. The van der Waals surface area contributed by atoms with Gasteiger partial charge in [0.2, 0.25) is 70.9 Å². The Bertz CT molecular complexity index is 3800. The van der Waals surface area contributed by atoms with E-state index >= 15 is 9.59 Å². The standard InChI is InChI=1S/C71H101N19O15S/c1-39(2)27-50(82-60(93)46(73)30-43-34-75-37-78-43)63(96)80-48(19-11-12-23-72)61(94)81-49(22-26-106-5)62(95)83-51(28-41-15-7-6-8-16-41)64(97)85-53(31-44-35-76-38-79-44)66(99)84-52(29-42-33-77-47-18-10-9-17-45(42)47)65(98)87-55(36-91)67(100)88-59(40(3)4)70(103)90-25-14-21-57(90)69(102)89-24-13-20-56(89)68(101)86-54(71(104)105)32-58(74)92/h6-10,15-18,33-35,37-40,46,48-57,59,77,91H,11-14,19-32,36,72-73H2,1-5H3,(H2,74,92)(H,75,78)(H,76,79)(H,80,96)(H,81,94)(H,82,93)(H,83,95)(H,84,99)(H,85,97)(H,86,101)(H,87,98)(H,88,100)(H,104,105)/t46-,48-,49-,50-,51-,52-,53-,54-,55-,56-,57-,59-/m0/s1. The third-order valence-corrected chi connectivity index (χ3v) is 19.1. The zero-order valence-corrected chi connectivity index (χ0v) is 61.0. The number of amides is 12. The van der Waals surface area contributed by atoms with Gasteiger partial charge in [-0.05, 0) is 105 Å². The van der Waals surface area contributed by atoms with Crippen molar-refractivity contribution in [1.82, 2.24) is 82.6 Å². The van der Waals surface area contributed by atoms with Gasteiger partial charge in [0.15, 0.2) is 0 Å². The van der Waals surface area contributed by atoms with Crippen LogP contribution in [0.3, 0.4) is 0 Å². The lowest BCUT2D eigenvalue weighted by molar-refractivity contribution is -0.149. The summed E-state index contributed by atoms with van der Waals surface area (Å²) in [7, 11) is 0. The van der Waals surface area contributed by atoms with Crippen LogP contribution in [-0.4, -0.2) is 233 Å². The molecule has 5 aromatic rings. The molecule has 35 heteroatoms. The number of carboxylic acid groups (broad SMARTS) is 1. The third kappa shape index (κ3) is 24.1. The van der Waals surface area contributed by atoms with Gasteiger partial charge in [-0.25, -0.2) is 14.8 Å². The summed E-state index contributed by atoms with van der Waals surface area (Å²) in [6, 6.07) is -0.399. The molecule has 576 valence electrons. The molecule has 2 fully saturated rings. The van der Waals surface area contributed by atoms with E-state index in [2.05, 4.69) is 72.8 Å². The Kier molecular flexibility index (Phi) is 32.0. The number of aromatic nitrogens is 5. The number of para-hydroxylation sites is 1.